The van der Waals surface area contributed by atoms with Crippen LogP contribution in [-0.2, 0) is 4.74 Å². The first kappa shape index (κ1) is 13.5. The monoisotopic (exact) mass is 278 g/mol. The van der Waals surface area contributed by atoms with E-state index in [1.807, 2.05) is 0 Å². The predicted octanol–water partition coefficient (Wildman–Crippen LogP) is 2.55. The lowest BCUT2D eigenvalue weighted by Crippen LogP contribution is -2.55. The molecule has 0 radical (unpaired) electrons. The molecule has 0 aromatic rings. The number of ether oxygens (including phenoxy) is 1. The van der Waals surface area contributed by atoms with Crippen molar-refractivity contribution in [2.24, 2.45) is 5.92 Å². The molecule has 3 saturated heterocycles. The van der Waals surface area contributed by atoms with Crippen molar-refractivity contribution in [3.63, 3.8) is 0 Å². The normalized spacial score (nSPS) is 41.7. The zero-order chi connectivity index (χ0) is 13.4. The lowest BCUT2D eigenvalue weighted by molar-refractivity contribution is -0.151. The summed E-state index contributed by atoms with van der Waals surface area (Å²) in [6.07, 6.45) is 12.3. The van der Waals surface area contributed by atoms with Crippen LogP contribution in [0.1, 0.15) is 57.8 Å². The van der Waals surface area contributed by atoms with Gasteiger partial charge in [-0.05, 0) is 76.8 Å². The van der Waals surface area contributed by atoms with Crippen molar-refractivity contribution in [3.05, 3.63) is 0 Å². The number of likely N-dealkylation sites (tertiary alicyclic amines) is 1. The molecule has 3 unspecified atom stereocenters. The molecule has 0 aromatic heterocycles. The third kappa shape index (κ3) is 2.53. The molecule has 3 nitrogen and oxygen atoms in total. The molecule has 4 fully saturated rings. The van der Waals surface area contributed by atoms with Crippen LogP contribution in [0.4, 0.5) is 0 Å². The van der Waals surface area contributed by atoms with Crippen LogP contribution in [0.3, 0.4) is 0 Å². The molecule has 3 heterocycles. The fourth-order valence-corrected chi connectivity index (χ4v) is 5.05. The summed E-state index contributed by atoms with van der Waals surface area (Å²) in [6.45, 7) is 4.94. The minimum absolute atomic E-state index is 0.307. The number of rotatable bonds is 2. The Morgan fingerprint density at radius 1 is 1.05 bits per heavy atom. The van der Waals surface area contributed by atoms with Crippen molar-refractivity contribution >= 4 is 0 Å². The summed E-state index contributed by atoms with van der Waals surface area (Å²) in [5, 5.41) is 3.74. The van der Waals surface area contributed by atoms with E-state index in [0.717, 1.165) is 24.6 Å². The summed E-state index contributed by atoms with van der Waals surface area (Å²) in [4.78, 5) is 2.83. The number of hydrogen-bond donors (Lipinski definition) is 1. The Kier molecular flexibility index (Phi) is 3.78. The topological polar surface area (TPSA) is 24.5 Å². The van der Waals surface area contributed by atoms with Crippen molar-refractivity contribution in [3.8, 4) is 0 Å². The second-order valence-electron chi connectivity index (χ2n) is 7.63. The molecule has 0 bridgehead atoms. The van der Waals surface area contributed by atoms with E-state index in [2.05, 4.69) is 10.2 Å². The molecular formula is C17H30N2O. The van der Waals surface area contributed by atoms with Crippen LogP contribution in [0.25, 0.3) is 0 Å². The highest BCUT2D eigenvalue weighted by molar-refractivity contribution is 4.98. The van der Waals surface area contributed by atoms with Gasteiger partial charge in [0.25, 0.3) is 0 Å². The van der Waals surface area contributed by atoms with Gasteiger partial charge < -0.3 is 10.1 Å². The van der Waals surface area contributed by atoms with E-state index in [-0.39, 0.29) is 0 Å². The lowest BCUT2D eigenvalue weighted by Gasteiger charge is -2.51. The highest BCUT2D eigenvalue weighted by Gasteiger charge is 2.44. The number of hydrogen-bond acceptors (Lipinski definition) is 3. The lowest BCUT2D eigenvalue weighted by atomic mass is 9.73. The highest BCUT2D eigenvalue weighted by Crippen LogP contribution is 2.44. The highest BCUT2D eigenvalue weighted by atomic mass is 16.5. The Morgan fingerprint density at radius 2 is 2.00 bits per heavy atom. The molecule has 4 aliphatic rings. The Morgan fingerprint density at radius 3 is 2.75 bits per heavy atom. The van der Waals surface area contributed by atoms with Crippen molar-refractivity contribution in [2.75, 3.05) is 26.2 Å². The van der Waals surface area contributed by atoms with Crippen molar-refractivity contribution < 1.29 is 4.74 Å². The molecule has 0 amide bonds. The van der Waals surface area contributed by atoms with Gasteiger partial charge in [0.05, 0.1) is 5.60 Å². The van der Waals surface area contributed by atoms with Gasteiger partial charge in [0, 0.05) is 25.2 Å². The smallest absolute Gasteiger partial charge is 0.0697 e. The van der Waals surface area contributed by atoms with E-state index in [9.17, 15) is 0 Å². The molecule has 4 rings (SSSR count). The maximum atomic E-state index is 6.11. The molecule has 20 heavy (non-hydrogen) atoms. The van der Waals surface area contributed by atoms with Crippen molar-refractivity contribution in [1.82, 2.24) is 10.2 Å². The molecule has 3 atom stereocenters. The summed E-state index contributed by atoms with van der Waals surface area (Å²) in [6, 6.07) is 1.63. The van der Waals surface area contributed by atoms with Gasteiger partial charge in [-0.2, -0.15) is 0 Å². The van der Waals surface area contributed by atoms with Crippen LogP contribution in [0.2, 0.25) is 0 Å². The average Bonchev–Trinajstić information content (AvgIpc) is 3.00. The predicted molar refractivity (Wildman–Crippen MR) is 80.9 cm³/mol. The first-order chi connectivity index (χ1) is 9.85. The van der Waals surface area contributed by atoms with Crippen LogP contribution in [0, 0.1) is 5.92 Å². The Labute approximate surface area is 123 Å². The van der Waals surface area contributed by atoms with Crippen molar-refractivity contribution in [2.45, 2.75) is 75.5 Å². The third-order valence-electron chi connectivity index (χ3n) is 6.40. The molecule has 1 aliphatic carbocycles. The average molecular weight is 278 g/mol. The van der Waals surface area contributed by atoms with E-state index >= 15 is 0 Å². The van der Waals surface area contributed by atoms with Gasteiger partial charge in [0.15, 0.2) is 0 Å². The van der Waals surface area contributed by atoms with E-state index in [1.54, 1.807) is 0 Å². The van der Waals surface area contributed by atoms with E-state index in [0.29, 0.717) is 5.60 Å². The van der Waals surface area contributed by atoms with Gasteiger partial charge in [-0.25, -0.2) is 0 Å². The maximum Gasteiger partial charge on any atom is 0.0697 e. The molecule has 1 spiro atoms. The van der Waals surface area contributed by atoms with Crippen LogP contribution in [0.5, 0.6) is 0 Å². The molecule has 0 aromatic carbocycles. The fourth-order valence-electron chi connectivity index (χ4n) is 5.05. The standard InChI is InChI=1S/C17H30N2O/c1-5-16(18-9-1)14-4-2-10-19(13-14)15-6-11-20-17(12-15)7-3-8-17/h14-16,18H,1-13H2. The van der Waals surface area contributed by atoms with Crippen LogP contribution >= 0.6 is 0 Å². The van der Waals surface area contributed by atoms with E-state index in [1.165, 1.54) is 77.4 Å². The minimum Gasteiger partial charge on any atom is -0.375 e. The Balaban J connectivity index is 1.37. The van der Waals surface area contributed by atoms with Gasteiger partial charge in [0.1, 0.15) is 0 Å². The Bertz CT molecular complexity index is 336. The summed E-state index contributed by atoms with van der Waals surface area (Å²) >= 11 is 0. The number of nitrogens with one attached hydrogen (secondary N) is 1. The van der Waals surface area contributed by atoms with E-state index < -0.39 is 0 Å². The first-order valence-corrected chi connectivity index (χ1v) is 8.96. The van der Waals surface area contributed by atoms with Gasteiger partial charge in [-0.1, -0.05) is 0 Å². The van der Waals surface area contributed by atoms with Crippen molar-refractivity contribution in [1.29, 1.82) is 0 Å². The second-order valence-corrected chi connectivity index (χ2v) is 7.63. The van der Waals surface area contributed by atoms with Gasteiger partial charge in [-0.15, -0.1) is 0 Å². The SMILES string of the molecule is C1CNC(C2CCCN(C3CCOC4(CCC4)C3)C2)C1. The molecule has 3 aliphatic heterocycles. The van der Waals surface area contributed by atoms with Crippen LogP contribution in [-0.4, -0.2) is 48.8 Å². The summed E-state index contributed by atoms with van der Waals surface area (Å²) in [5.74, 6) is 0.909. The molecule has 1 N–H and O–H groups in total. The molecular weight excluding hydrogens is 248 g/mol. The zero-order valence-electron chi connectivity index (χ0n) is 12.8. The zero-order valence-corrected chi connectivity index (χ0v) is 12.8. The fraction of sp³-hybridized carbons (Fsp3) is 1.00. The molecule has 1 saturated carbocycles. The largest absolute Gasteiger partial charge is 0.375 e. The molecule has 114 valence electrons. The third-order valence-corrected chi connectivity index (χ3v) is 6.40. The van der Waals surface area contributed by atoms with Crippen LogP contribution < -0.4 is 5.32 Å². The summed E-state index contributed by atoms with van der Waals surface area (Å²) in [7, 11) is 0. The number of piperidine rings is 1. The minimum atomic E-state index is 0.307. The summed E-state index contributed by atoms with van der Waals surface area (Å²) in [5.41, 5.74) is 0.307. The van der Waals surface area contributed by atoms with Gasteiger partial charge in [0.2, 0.25) is 0 Å². The maximum absolute atomic E-state index is 6.11. The van der Waals surface area contributed by atoms with Crippen LogP contribution in [0.15, 0.2) is 0 Å². The Hall–Kier alpha value is -0.120. The van der Waals surface area contributed by atoms with E-state index in [4.69, 9.17) is 4.74 Å². The van der Waals surface area contributed by atoms with Gasteiger partial charge in [-0.3, -0.25) is 4.90 Å². The summed E-state index contributed by atoms with van der Waals surface area (Å²) < 4.78 is 6.11. The first-order valence-electron chi connectivity index (χ1n) is 8.96. The van der Waals surface area contributed by atoms with Gasteiger partial charge >= 0.3 is 0 Å². The molecule has 3 heteroatoms. The quantitative estimate of drug-likeness (QED) is 0.840. The number of nitrogens with zero attached hydrogens (tertiary/aromatic N) is 1. The second kappa shape index (κ2) is 5.58.